The Morgan fingerprint density at radius 1 is 1.26 bits per heavy atom. The number of Topliss-reactive ketones (excluding diaryl/α,β-unsaturated/α-hetero) is 1. The Morgan fingerprint density at radius 2 is 2.00 bits per heavy atom. The molecule has 0 saturated carbocycles. The molecule has 100 valence electrons. The molecular weight excluding hydrogens is 236 g/mol. The number of aromatic nitrogens is 2. The number of carbonyl (C=O) groups is 1. The monoisotopic (exact) mass is 256 g/mol. The topological polar surface area (TPSA) is 34.9 Å². The highest BCUT2D eigenvalue weighted by molar-refractivity contribution is 5.98. The predicted octanol–water partition coefficient (Wildman–Crippen LogP) is 3.51. The molecule has 0 spiro atoms. The molecule has 3 heteroatoms. The summed E-state index contributed by atoms with van der Waals surface area (Å²) < 4.78 is 1.88. The molecule has 1 aromatic heterocycles. The SMILES string of the molecule is Cc1ccc(C(=O)Cc2ccn(C(C)C)n2)c(C)c1. The maximum Gasteiger partial charge on any atom is 0.169 e. The molecule has 2 rings (SSSR count). The van der Waals surface area contributed by atoms with Crippen molar-refractivity contribution in [3.8, 4) is 0 Å². The van der Waals surface area contributed by atoms with E-state index in [0.29, 0.717) is 12.5 Å². The van der Waals surface area contributed by atoms with Crippen LogP contribution in [0.4, 0.5) is 0 Å². The van der Waals surface area contributed by atoms with E-state index < -0.39 is 0 Å². The van der Waals surface area contributed by atoms with E-state index in [1.165, 1.54) is 5.56 Å². The highest BCUT2D eigenvalue weighted by Crippen LogP contribution is 2.14. The summed E-state index contributed by atoms with van der Waals surface area (Å²) in [6.45, 7) is 8.16. The summed E-state index contributed by atoms with van der Waals surface area (Å²) >= 11 is 0. The minimum absolute atomic E-state index is 0.131. The smallest absolute Gasteiger partial charge is 0.169 e. The molecule has 19 heavy (non-hydrogen) atoms. The number of hydrogen-bond donors (Lipinski definition) is 0. The third kappa shape index (κ3) is 3.11. The quantitative estimate of drug-likeness (QED) is 0.785. The Balaban J connectivity index is 2.16. The van der Waals surface area contributed by atoms with Crippen LogP contribution in [0.2, 0.25) is 0 Å². The van der Waals surface area contributed by atoms with E-state index in [9.17, 15) is 4.79 Å². The van der Waals surface area contributed by atoms with Gasteiger partial charge < -0.3 is 0 Å². The largest absolute Gasteiger partial charge is 0.294 e. The van der Waals surface area contributed by atoms with Crippen LogP contribution in [-0.4, -0.2) is 15.6 Å². The number of ketones is 1. The highest BCUT2D eigenvalue weighted by atomic mass is 16.1. The van der Waals surface area contributed by atoms with Gasteiger partial charge in [0.2, 0.25) is 0 Å². The van der Waals surface area contributed by atoms with Gasteiger partial charge in [0.1, 0.15) is 0 Å². The van der Waals surface area contributed by atoms with Gasteiger partial charge in [0.15, 0.2) is 5.78 Å². The Bertz CT molecular complexity index is 597. The average Bonchev–Trinajstić information content (AvgIpc) is 2.77. The van der Waals surface area contributed by atoms with Crippen molar-refractivity contribution in [2.45, 2.75) is 40.2 Å². The molecule has 0 aliphatic rings. The van der Waals surface area contributed by atoms with Crippen LogP contribution in [0.1, 0.15) is 47.1 Å². The number of carbonyl (C=O) groups excluding carboxylic acids is 1. The Hall–Kier alpha value is -1.90. The zero-order valence-electron chi connectivity index (χ0n) is 12.0. The van der Waals surface area contributed by atoms with Crippen LogP contribution < -0.4 is 0 Å². The summed E-state index contributed by atoms with van der Waals surface area (Å²) in [6, 6.07) is 8.17. The van der Waals surface area contributed by atoms with Gasteiger partial charge in [-0.15, -0.1) is 0 Å². The zero-order valence-corrected chi connectivity index (χ0v) is 12.0. The van der Waals surface area contributed by atoms with Gasteiger partial charge in [0.05, 0.1) is 12.1 Å². The minimum Gasteiger partial charge on any atom is -0.294 e. The number of nitrogens with zero attached hydrogens (tertiary/aromatic N) is 2. The van der Waals surface area contributed by atoms with E-state index in [2.05, 4.69) is 18.9 Å². The molecule has 0 amide bonds. The molecule has 0 radical (unpaired) electrons. The van der Waals surface area contributed by atoms with Crippen LogP contribution in [0, 0.1) is 13.8 Å². The summed E-state index contributed by atoms with van der Waals surface area (Å²) in [6.07, 6.45) is 2.29. The van der Waals surface area contributed by atoms with Crippen molar-refractivity contribution in [2.24, 2.45) is 0 Å². The van der Waals surface area contributed by atoms with E-state index in [-0.39, 0.29) is 5.78 Å². The van der Waals surface area contributed by atoms with Crippen LogP contribution in [0.25, 0.3) is 0 Å². The molecule has 1 heterocycles. The summed E-state index contributed by atoms with van der Waals surface area (Å²) in [5.74, 6) is 0.131. The zero-order chi connectivity index (χ0) is 14.0. The summed E-state index contributed by atoms with van der Waals surface area (Å²) in [7, 11) is 0. The van der Waals surface area contributed by atoms with Gasteiger partial charge in [0, 0.05) is 17.8 Å². The van der Waals surface area contributed by atoms with Crippen molar-refractivity contribution in [3.05, 3.63) is 52.8 Å². The van der Waals surface area contributed by atoms with Crippen LogP contribution in [0.3, 0.4) is 0 Å². The fraction of sp³-hybridized carbons (Fsp3) is 0.375. The van der Waals surface area contributed by atoms with Crippen molar-refractivity contribution in [1.29, 1.82) is 0 Å². The molecule has 2 aromatic rings. The second-order valence-corrected chi connectivity index (χ2v) is 5.30. The third-order valence-electron chi connectivity index (χ3n) is 3.22. The molecule has 0 aliphatic heterocycles. The number of benzene rings is 1. The normalized spacial score (nSPS) is 11.0. The average molecular weight is 256 g/mol. The number of aryl methyl sites for hydroxylation is 2. The minimum atomic E-state index is 0.131. The molecular formula is C16H20N2O. The van der Waals surface area contributed by atoms with Crippen molar-refractivity contribution in [2.75, 3.05) is 0 Å². The van der Waals surface area contributed by atoms with E-state index >= 15 is 0 Å². The van der Waals surface area contributed by atoms with Gasteiger partial charge in [-0.05, 0) is 39.3 Å². The lowest BCUT2D eigenvalue weighted by Crippen LogP contribution is -2.08. The van der Waals surface area contributed by atoms with Crippen molar-refractivity contribution in [3.63, 3.8) is 0 Å². The molecule has 0 bridgehead atoms. The summed E-state index contributed by atoms with van der Waals surface area (Å²) in [5.41, 5.74) is 3.84. The first-order valence-corrected chi connectivity index (χ1v) is 6.62. The van der Waals surface area contributed by atoms with Crippen LogP contribution in [-0.2, 0) is 6.42 Å². The number of hydrogen-bond acceptors (Lipinski definition) is 2. The highest BCUT2D eigenvalue weighted by Gasteiger charge is 2.12. The number of rotatable bonds is 4. The second kappa shape index (κ2) is 5.39. The van der Waals surface area contributed by atoms with E-state index in [4.69, 9.17) is 0 Å². The summed E-state index contributed by atoms with van der Waals surface area (Å²) in [4.78, 5) is 12.3. The van der Waals surface area contributed by atoms with Gasteiger partial charge in [-0.2, -0.15) is 5.10 Å². The standard InChI is InChI=1S/C16H20N2O/c1-11(2)18-8-7-14(17-18)10-16(19)15-6-5-12(3)9-13(15)4/h5-9,11H,10H2,1-4H3. The van der Waals surface area contributed by atoms with Gasteiger partial charge in [-0.1, -0.05) is 23.8 Å². The molecule has 3 nitrogen and oxygen atoms in total. The lowest BCUT2D eigenvalue weighted by molar-refractivity contribution is 0.0991. The Labute approximate surface area is 114 Å². The molecule has 0 fully saturated rings. The van der Waals surface area contributed by atoms with Gasteiger partial charge >= 0.3 is 0 Å². The third-order valence-corrected chi connectivity index (χ3v) is 3.22. The fourth-order valence-corrected chi connectivity index (χ4v) is 2.15. The molecule has 0 aliphatic carbocycles. The second-order valence-electron chi connectivity index (χ2n) is 5.30. The van der Waals surface area contributed by atoms with E-state index in [1.54, 1.807) is 0 Å². The Kier molecular flexibility index (Phi) is 3.84. The maximum absolute atomic E-state index is 12.3. The van der Waals surface area contributed by atoms with Gasteiger partial charge in [-0.25, -0.2) is 0 Å². The first kappa shape index (κ1) is 13.5. The maximum atomic E-state index is 12.3. The first-order valence-electron chi connectivity index (χ1n) is 6.62. The summed E-state index contributed by atoms with van der Waals surface area (Å²) in [5, 5.41) is 4.42. The first-order chi connectivity index (χ1) is 8.97. The molecule has 0 unspecified atom stereocenters. The Morgan fingerprint density at radius 3 is 2.58 bits per heavy atom. The van der Waals surface area contributed by atoms with Crippen LogP contribution in [0.15, 0.2) is 30.5 Å². The van der Waals surface area contributed by atoms with Crippen LogP contribution in [0.5, 0.6) is 0 Å². The van der Waals surface area contributed by atoms with Crippen molar-refractivity contribution >= 4 is 5.78 Å². The predicted molar refractivity (Wildman–Crippen MR) is 76.6 cm³/mol. The van der Waals surface area contributed by atoms with Crippen LogP contribution >= 0.6 is 0 Å². The molecule has 0 N–H and O–H groups in total. The van der Waals surface area contributed by atoms with Gasteiger partial charge in [0.25, 0.3) is 0 Å². The fourth-order valence-electron chi connectivity index (χ4n) is 2.15. The van der Waals surface area contributed by atoms with Gasteiger partial charge in [-0.3, -0.25) is 9.48 Å². The van der Waals surface area contributed by atoms with Crippen molar-refractivity contribution in [1.82, 2.24) is 9.78 Å². The van der Waals surface area contributed by atoms with E-state index in [1.807, 2.05) is 49.0 Å². The molecule has 0 saturated heterocycles. The molecule has 1 aromatic carbocycles. The van der Waals surface area contributed by atoms with Crippen molar-refractivity contribution < 1.29 is 4.79 Å². The lowest BCUT2D eigenvalue weighted by atomic mass is 10.00. The van der Waals surface area contributed by atoms with E-state index in [0.717, 1.165) is 16.8 Å². The lowest BCUT2D eigenvalue weighted by Gasteiger charge is -2.06. The molecule has 0 atom stereocenters.